The Balaban J connectivity index is 1.56. The highest BCUT2D eigenvalue weighted by Crippen LogP contribution is 2.37. The second-order valence-corrected chi connectivity index (χ2v) is 11.9. The number of nitrogen functional groups attached to an aromatic ring is 1. The van der Waals surface area contributed by atoms with Crippen LogP contribution in [0.25, 0.3) is 22.0 Å². The maximum Gasteiger partial charge on any atom is 0.238 e. The molecule has 216 valence electrons. The third-order valence-corrected chi connectivity index (χ3v) is 8.71. The Hall–Kier alpha value is -4.03. The Labute approximate surface area is 237 Å². The first-order chi connectivity index (χ1) is 19.6. The van der Waals surface area contributed by atoms with E-state index in [2.05, 4.69) is 25.5 Å². The van der Waals surface area contributed by atoms with Crippen LogP contribution in [0.2, 0.25) is 0 Å². The second-order valence-electron chi connectivity index (χ2n) is 9.92. The molecule has 9 nitrogen and oxygen atoms in total. The van der Waals surface area contributed by atoms with Crippen molar-refractivity contribution in [3.05, 3.63) is 59.9 Å². The molecule has 0 spiro atoms. The molecule has 2 aromatic carbocycles. The molecule has 41 heavy (non-hydrogen) atoms. The molecule has 0 aliphatic heterocycles. The number of halogens is 2. The number of rotatable bonds is 8. The van der Waals surface area contributed by atoms with Crippen LogP contribution in [0.4, 0.5) is 20.4 Å². The van der Waals surface area contributed by atoms with E-state index in [0.29, 0.717) is 28.6 Å². The number of aryl methyl sites for hydroxylation is 1. The molecule has 1 unspecified atom stereocenters. The van der Waals surface area contributed by atoms with Crippen molar-refractivity contribution in [1.82, 2.24) is 15.0 Å². The van der Waals surface area contributed by atoms with E-state index in [-0.39, 0.29) is 34.6 Å². The normalized spacial score (nSPS) is 18.6. The van der Waals surface area contributed by atoms with Gasteiger partial charge >= 0.3 is 0 Å². The highest BCUT2D eigenvalue weighted by Gasteiger charge is 2.24. The van der Waals surface area contributed by atoms with Crippen molar-refractivity contribution in [2.24, 2.45) is 0 Å². The van der Waals surface area contributed by atoms with Crippen molar-refractivity contribution in [1.29, 1.82) is 0 Å². The number of hydrogen-bond donors (Lipinski definition) is 2. The summed E-state index contributed by atoms with van der Waals surface area (Å²) in [5.41, 5.74) is 8.80. The molecule has 2 aromatic heterocycles. The molecule has 4 aromatic rings. The Morgan fingerprint density at radius 3 is 2.44 bits per heavy atom. The largest absolute Gasteiger partial charge is 0.488 e. The van der Waals surface area contributed by atoms with Gasteiger partial charge in [0.2, 0.25) is 11.8 Å². The molecule has 0 bridgehead atoms. The van der Waals surface area contributed by atoms with Gasteiger partial charge < -0.3 is 24.7 Å². The number of fused-ring (bicyclic) bond motifs is 1. The van der Waals surface area contributed by atoms with Gasteiger partial charge in [0, 0.05) is 30.3 Å². The standard InChI is InChI=1S/C29H31F2N5O4S/c1-16-22-11-17(13-25(27(22)35-29(32)34-16)40-21-8-6-20(38-2)7-9-21)18-12-24(28(39-3)33-15-18)36-41(4,37)26-10-5-19(30)14-23(26)31/h5,10-15,20-21H,4,6-9H2,1-3H3,(H,36,37)(H2,32,34,35). The molecular formula is C29H31F2N5O4S. The molecule has 0 radical (unpaired) electrons. The minimum Gasteiger partial charge on any atom is -0.488 e. The summed E-state index contributed by atoms with van der Waals surface area (Å²) >= 11 is 0. The highest BCUT2D eigenvalue weighted by atomic mass is 32.2. The number of nitrogens with two attached hydrogens (primary N) is 1. The van der Waals surface area contributed by atoms with Crippen molar-refractivity contribution >= 4 is 38.1 Å². The summed E-state index contributed by atoms with van der Waals surface area (Å²) in [6.45, 7) is 1.84. The fourth-order valence-corrected chi connectivity index (χ4v) is 6.29. The van der Waals surface area contributed by atoms with E-state index in [9.17, 15) is 13.0 Å². The summed E-state index contributed by atoms with van der Waals surface area (Å²) < 4.78 is 61.5. The van der Waals surface area contributed by atoms with Crippen LogP contribution in [0.1, 0.15) is 31.4 Å². The highest BCUT2D eigenvalue weighted by molar-refractivity contribution is 8.01. The molecule has 2 heterocycles. The van der Waals surface area contributed by atoms with E-state index in [1.54, 1.807) is 19.4 Å². The Morgan fingerprint density at radius 1 is 1.02 bits per heavy atom. The molecule has 5 rings (SSSR count). The molecule has 1 aliphatic carbocycles. The fourth-order valence-electron chi connectivity index (χ4n) is 5.01. The third kappa shape index (κ3) is 6.03. The average molecular weight is 584 g/mol. The minimum absolute atomic E-state index is 0.0241. The molecule has 0 amide bonds. The molecular weight excluding hydrogens is 552 g/mol. The molecule has 12 heteroatoms. The van der Waals surface area contributed by atoms with Gasteiger partial charge in [-0.2, -0.15) is 0 Å². The smallest absolute Gasteiger partial charge is 0.238 e. The van der Waals surface area contributed by atoms with Crippen LogP contribution in [-0.2, 0) is 14.4 Å². The monoisotopic (exact) mass is 583 g/mol. The first-order valence-corrected chi connectivity index (χ1v) is 14.7. The van der Waals surface area contributed by atoms with Crippen LogP contribution < -0.4 is 19.9 Å². The zero-order chi connectivity index (χ0) is 29.3. The predicted molar refractivity (Wildman–Crippen MR) is 156 cm³/mol. The number of pyridine rings is 1. The van der Waals surface area contributed by atoms with E-state index >= 15 is 0 Å². The van der Waals surface area contributed by atoms with Crippen molar-refractivity contribution in [3.8, 4) is 22.8 Å². The number of nitrogens with zero attached hydrogens (tertiary/aromatic N) is 3. The Morgan fingerprint density at radius 2 is 1.76 bits per heavy atom. The van der Waals surface area contributed by atoms with Crippen LogP contribution in [0.3, 0.4) is 0 Å². The maximum atomic E-state index is 14.5. The lowest BCUT2D eigenvalue weighted by atomic mass is 9.95. The lowest BCUT2D eigenvalue weighted by Crippen LogP contribution is -2.27. The quantitative estimate of drug-likeness (QED) is 0.268. The number of benzene rings is 2. The summed E-state index contributed by atoms with van der Waals surface area (Å²) in [5, 5.41) is 0.747. The minimum atomic E-state index is -3.45. The van der Waals surface area contributed by atoms with Crippen molar-refractivity contribution < 1.29 is 27.2 Å². The van der Waals surface area contributed by atoms with E-state index in [1.807, 2.05) is 19.1 Å². The SMILES string of the molecule is C=S(=O)(Nc1cc(-c2cc(OC3CCC(OC)CC3)c3nc(N)nc(C)c3c2)cnc1OC)c1ccc(F)cc1F. The molecule has 1 atom stereocenters. The summed E-state index contributed by atoms with van der Waals surface area (Å²) in [7, 11) is -0.326. The van der Waals surface area contributed by atoms with E-state index in [1.165, 1.54) is 7.11 Å². The van der Waals surface area contributed by atoms with Gasteiger partial charge in [-0.25, -0.2) is 27.9 Å². The molecule has 1 saturated carbocycles. The Kier molecular flexibility index (Phi) is 7.96. The summed E-state index contributed by atoms with van der Waals surface area (Å²) in [5.74, 6) is 2.71. The second kappa shape index (κ2) is 11.5. The van der Waals surface area contributed by atoms with Crippen LogP contribution in [0.5, 0.6) is 11.6 Å². The number of hydrogen-bond acceptors (Lipinski definition) is 8. The van der Waals surface area contributed by atoms with Crippen LogP contribution in [0.15, 0.2) is 47.5 Å². The van der Waals surface area contributed by atoms with Crippen molar-refractivity contribution in [3.63, 3.8) is 0 Å². The van der Waals surface area contributed by atoms with Crippen LogP contribution >= 0.6 is 0 Å². The van der Waals surface area contributed by atoms with E-state index < -0.39 is 21.3 Å². The lowest BCUT2D eigenvalue weighted by Gasteiger charge is -2.28. The van der Waals surface area contributed by atoms with Gasteiger partial charge in [-0.3, -0.25) is 0 Å². The van der Waals surface area contributed by atoms with Crippen LogP contribution in [0, 0.1) is 18.6 Å². The van der Waals surface area contributed by atoms with Gasteiger partial charge in [-0.1, -0.05) is 0 Å². The Bertz CT molecular complexity index is 1710. The van der Waals surface area contributed by atoms with Gasteiger partial charge in [0.15, 0.2) is 0 Å². The summed E-state index contributed by atoms with van der Waals surface area (Å²) in [4.78, 5) is 12.9. The molecule has 1 aliphatic rings. The van der Waals surface area contributed by atoms with Crippen molar-refractivity contribution in [2.45, 2.75) is 49.7 Å². The zero-order valence-corrected chi connectivity index (χ0v) is 23.8. The fraction of sp³-hybridized carbons (Fsp3) is 0.310. The number of ether oxygens (including phenoxy) is 3. The van der Waals surface area contributed by atoms with Gasteiger partial charge in [-0.05, 0) is 74.4 Å². The molecule has 1 fully saturated rings. The maximum absolute atomic E-state index is 14.5. The summed E-state index contributed by atoms with van der Waals surface area (Å²) in [6.07, 6.45) is 5.25. The van der Waals surface area contributed by atoms with Crippen molar-refractivity contribution in [2.75, 3.05) is 24.7 Å². The molecule has 3 N–H and O–H groups in total. The topological polar surface area (TPSA) is 121 Å². The van der Waals surface area contributed by atoms with Gasteiger partial charge in [0.05, 0.1) is 39.6 Å². The average Bonchev–Trinajstić information content (AvgIpc) is 2.93. The lowest BCUT2D eigenvalue weighted by molar-refractivity contribution is 0.0331. The predicted octanol–water partition coefficient (Wildman–Crippen LogP) is 5.31. The number of aromatic nitrogens is 3. The van der Waals surface area contributed by atoms with E-state index in [0.717, 1.165) is 48.8 Å². The molecule has 0 saturated heterocycles. The van der Waals surface area contributed by atoms with Gasteiger partial charge in [0.25, 0.3) is 0 Å². The number of nitrogens with one attached hydrogen (secondary N) is 1. The van der Waals surface area contributed by atoms with Gasteiger partial charge in [0.1, 0.15) is 28.6 Å². The van der Waals surface area contributed by atoms with Crippen LogP contribution in [-0.4, -0.2) is 51.5 Å². The zero-order valence-electron chi connectivity index (χ0n) is 22.9. The first kappa shape index (κ1) is 28.5. The number of anilines is 2. The number of methoxy groups -OCH3 is 2. The van der Waals surface area contributed by atoms with Gasteiger partial charge in [-0.15, -0.1) is 0 Å². The first-order valence-electron chi connectivity index (χ1n) is 13.0. The van der Waals surface area contributed by atoms with E-state index in [4.69, 9.17) is 19.9 Å². The third-order valence-electron chi connectivity index (χ3n) is 7.12. The summed E-state index contributed by atoms with van der Waals surface area (Å²) in [6, 6.07) is 8.19.